The van der Waals surface area contributed by atoms with Crippen molar-refractivity contribution in [1.29, 1.82) is 0 Å². The molecule has 1 aromatic carbocycles. The average molecular weight is 252 g/mol. The van der Waals surface area contributed by atoms with E-state index in [9.17, 15) is 9.90 Å². The number of nitrogens with one attached hydrogen (secondary N) is 1. The van der Waals surface area contributed by atoms with Crippen LogP contribution in [0.25, 0.3) is 0 Å². The van der Waals surface area contributed by atoms with E-state index in [-0.39, 0.29) is 12.3 Å². The third-order valence-corrected chi connectivity index (χ3v) is 2.09. The number of rotatable bonds is 7. The Balaban J connectivity index is 2.24. The SMILES string of the molecule is CC(=NOCC(O)CNc1ccccc1)C(=O)O. The summed E-state index contributed by atoms with van der Waals surface area (Å²) in [6.07, 6.45) is -0.768. The van der Waals surface area contributed by atoms with Gasteiger partial charge in [0.05, 0.1) is 0 Å². The minimum absolute atomic E-state index is 0.0650. The van der Waals surface area contributed by atoms with Crippen LogP contribution in [0.2, 0.25) is 0 Å². The van der Waals surface area contributed by atoms with Gasteiger partial charge in [0.1, 0.15) is 12.7 Å². The zero-order valence-corrected chi connectivity index (χ0v) is 10.0. The van der Waals surface area contributed by atoms with Crippen LogP contribution in [0, 0.1) is 0 Å². The summed E-state index contributed by atoms with van der Waals surface area (Å²) in [7, 11) is 0. The van der Waals surface area contributed by atoms with Gasteiger partial charge < -0.3 is 20.4 Å². The molecule has 98 valence electrons. The minimum atomic E-state index is -1.15. The number of nitrogens with zero attached hydrogens (tertiary/aromatic N) is 1. The fourth-order valence-electron chi connectivity index (χ4n) is 1.11. The molecule has 0 aliphatic carbocycles. The quantitative estimate of drug-likeness (QED) is 0.496. The van der Waals surface area contributed by atoms with Crippen LogP contribution in [0.4, 0.5) is 5.69 Å². The summed E-state index contributed by atoms with van der Waals surface area (Å²) in [6.45, 7) is 1.55. The smallest absolute Gasteiger partial charge is 0.353 e. The Kier molecular flexibility index (Phi) is 5.66. The molecule has 0 aromatic heterocycles. The third-order valence-electron chi connectivity index (χ3n) is 2.09. The third kappa shape index (κ3) is 5.31. The molecule has 0 aliphatic heterocycles. The first-order valence-corrected chi connectivity index (χ1v) is 5.46. The number of aliphatic hydroxyl groups excluding tert-OH is 1. The molecule has 0 spiro atoms. The molecule has 6 heteroatoms. The van der Waals surface area contributed by atoms with Gasteiger partial charge in [-0.1, -0.05) is 23.4 Å². The first-order chi connectivity index (χ1) is 8.59. The molecule has 0 radical (unpaired) electrons. The van der Waals surface area contributed by atoms with Crippen molar-refractivity contribution < 1.29 is 19.8 Å². The summed E-state index contributed by atoms with van der Waals surface area (Å²) in [5.41, 5.74) is 0.736. The van der Waals surface area contributed by atoms with Gasteiger partial charge in [-0.25, -0.2) is 4.79 Å². The summed E-state index contributed by atoms with van der Waals surface area (Å²) in [4.78, 5) is 15.1. The zero-order valence-electron chi connectivity index (χ0n) is 10.0. The Morgan fingerprint density at radius 3 is 2.72 bits per heavy atom. The van der Waals surface area contributed by atoms with Crippen molar-refractivity contribution in [2.45, 2.75) is 13.0 Å². The Bertz CT molecular complexity index is 406. The topological polar surface area (TPSA) is 91.2 Å². The highest BCUT2D eigenvalue weighted by Crippen LogP contribution is 2.04. The van der Waals surface area contributed by atoms with Crippen LogP contribution in [0.1, 0.15) is 6.92 Å². The number of aliphatic carboxylic acids is 1. The predicted molar refractivity (Wildman–Crippen MR) is 67.6 cm³/mol. The number of aliphatic hydroxyl groups is 1. The average Bonchev–Trinajstić information content (AvgIpc) is 2.37. The van der Waals surface area contributed by atoms with Gasteiger partial charge in [0, 0.05) is 12.2 Å². The summed E-state index contributed by atoms with van der Waals surface area (Å²) in [6, 6.07) is 9.41. The van der Waals surface area contributed by atoms with E-state index < -0.39 is 12.1 Å². The molecule has 3 N–H and O–H groups in total. The molecule has 1 unspecified atom stereocenters. The molecule has 1 aromatic rings. The number of oxime groups is 1. The number of benzene rings is 1. The lowest BCUT2D eigenvalue weighted by Crippen LogP contribution is -2.24. The first-order valence-electron chi connectivity index (χ1n) is 5.46. The number of carboxylic acid groups (broad SMARTS) is 1. The fraction of sp³-hybridized carbons (Fsp3) is 0.333. The van der Waals surface area contributed by atoms with Crippen molar-refractivity contribution in [3.8, 4) is 0 Å². The molecule has 18 heavy (non-hydrogen) atoms. The molecule has 0 fully saturated rings. The van der Waals surface area contributed by atoms with Crippen LogP contribution < -0.4 is 5.32 Å². The number of hydrogen-bond donors (Lipinski definition) is 3. The lowest BCUT2D eigenvalue weighted by Gasteiger charge is -2.11. The Labute approximate surface area is 105 Å². The number of para-hydroxylation sites is 1. The van der Waals surface area contributed by atoms with Gasteiger partial charge in [-0.05, 0) is 19.1 Å². The molecular formula is C12H16N2O4. The highest BCUT2D eigenvalue weighted by atomic mass is 16.6. The minimum Gasteiger partial charge on any atom is -0.477 e. The molecule has 1 rings (SSSR count). The van der Waals surface area contributed by atoms with Crippen molar-refractivity contribution in [3.63, 3.8) is 0 Å². The number of anilines is 1. The van der Waals surface area contributed by atoms with Crippen molar-refractivity contribution in [2.75, 3.05) is 18.5 Å². The maximum atomic E-state index is 10.4. The van der Waals surface area contributed by atoms with Gasteiger partial charge >= 0.3 is 5.97 Å². The van der Waals surface area contributed by atoms with Gasteiger partial charge in [0.2, 0.25) is 0 Å². The number of carboxylic acids is 1. The molecular weight excluding hydrogens is 236 g/mol. The maximum absolute atomic E-state index is 10.4. The predicted octanol–water partition coefficient (Wildman–Crippen LogP) is 0.937. The van der Waals surface area contributed by atoms with Crippen LogP contribution >= 0.6 is 0 Å². The molecule has 6 nitrogen and oxygen atoms in total. The van der Waals surface area contributed by atoms with E-state index >= 15 is 0 Å². The fourth-order valence-corrected chi connectivity index (χ4v) is 1.11. The Morgan fingerprint density at radius 1 is 1.44 bits per heavy atom. The highest BCUT2D eigenvalue weighted by molar-refractivity contribution is 6.34. The summed E-state index contributed by atoms with van der Waals surface area (Å²) in [5, 5.41) is 24.4. The maximum Gasteiger partial charge on any atom is 0.353 e. The molecule has 0 saturated carbocycles. The number of hydrogen-bond acceptors (Lipinski definition) is 5. The normalized spacial score (nSPS) is 12.9. The van der Waals surface area contributed by atoms with Crippen LogP contribution in [0.3, 0.4) is 0 Å². The van der Waals surface area contributed by atoms with Gasteiger partial charge in [0.15, 0.2) is 5.71 Å². The van der Waals surface area contributed by atoms with Gasteiger partial charge in [-0.3, -0.25) is 0 Å². The zero-order chi connectivity index (χ0) is 13.4. The van der Waals surface area contributed by atoms with Gasteiger partial charge in [0.25, 0.3) is 0 Å². The van der Waals surface area contributed by atoms with Crippen molar-refractivity contribution in [3.05, 3.63) is 30.3 Å². The molecule has 0 saturated heterocycles. The molecule has 0 bridgehead atoms. The highest BCUT2D eigenvalue weighted by Gasteiger charge is 2.06. The lowest BCUT2D eigenvalue weighted by atomic mass is 10.3. The monoisotopic (exact) mass is 252 g/mol. The Hall–Kier alpha value is -2.08. The van der Waals surface area contributed by atoms with E-state index in [1.54, 1.807) is 0 Å². The van der Waals surface area contributed by atoms with E-state index in [0.717, 1.165) is 5.69 Å². The molecule has 0 heterocycles. The second-order valence-electron chi connectivity index (χ2n) is 3.68. The van der Waals surface area contributed by atoms with Gasteiger partial charge in [-0.2, -0.15) is 0 Å². The van der Waals surface area contributed by atoms with Crippen molar-refractivity contribution in [1.82, 2.24) is 0 Å². The van der Waals surface area contributed by atoms with Crippen LogP contribution in [-0.2, 0) is 9.63 Å². The second-order valence-corrected chi connectivity index (χ2v) is 3.68. The summed E-state index contributed by atoms with van der Waals surface area (Å²) in [5.74, 6) is -1.15. The number of carbonyl (C=O) groups is 1. The summed E-state index contributed by atoms with van der Waals surface area (Å²) < 4.78 is 0. The van der Waals surface area contributed by atoms with E-state index in [2.05, 4.69) is 10.5 Å². The summed E-state index contributed by atoms with van der Waals surface area (Å²) >= 11 is 0. The largest absolute Gasteiger partial charge is 0.477 e. The molecule has 1 atom stereocenters. The standard InChI is InChI=1S/C12H16N2O4/c1-9(12(16)17)14-18-8-11(15)7-13-10-5-3-2-4-6-10/h2-6,11,13,15H,7-8H2,1H3,(H,16,17). The van der Waals surface area contributed by atoms with Crippen LogP contribution in [-0.4, -0.2) is 41.1 Å². The van der Waals surface area contributed by atoms with E-state index in [1.165, 1.54) is 6.92 Å². The van der Waals surface area contributed by atoms with E-state index in [1.807, 2.05) is 30.3 Å². The first kappa shape index (κ1) is 14.0. The van der Waals surface area contributed by atoms with Crippen molar-refractivity contribution >= 4 is 17.4 Å². The second kappa shape index (κ2) is 7.29. The lowest BCUT2D eigenvalue weighted by molar-refractivity contribution is -0.129. The van der Waals surface area contributed by atoms with Crippen LogP contribution in [0.5, 0.6) is 0 Å². The van der Waals surface area contributed by atoms with E-state index in [4.69, 9.17) is 9.94 Å². The molecule has 0 amide bonds. The van der Waals surface area contributed by atoms with E-state index in [0.29, 0.717) is 6.54 Å². The Morgan fingerprint density at radius 2 is 2.11 bits per heavy atom. The van der Waals surface area contributed by atoms with Gasteiger partial charge in [-0.15, -0.1) is 0 Å². The van der Waals surface area contributed by atoms with Crippen LogP contribution in [0.15, 0.2) is 35.5 Å². The van der Waals surface area contributed by atoms with Crippen molar-refractivity contribution in [2.24, 2.45) is 5.16 Å². The molecule has 0 aliphatic rings.